The number of hydrogen-bond acceptors (Lipinski definition) is 12. The molecule has 0 heterocycles. The van der Waals surface area contributed by atoms with Crippen LogP contribution in [-0.2, 0) is 19.1 Å². The molecule has 0 fully saturated rings. The number of ether oxygens (including phenoxy) is 5. The Morgan fingerprint density at radius 1 is 0.821 bits per heavy atom. The van der Waals surface area contributed by atoms with Crippen molar-refractivity contribution in [2.75, 3.05) is 33.9 Å². The monoisotopic (exact) mass is 541 g/mol. The third-order valence-corrected chi connectivity index (χ3v) is 5.08. The number of carbonyl (C=O) groups excluding carboxylic acids is 5. The molecular weight excluding hydrogens is 514 g/mol. The van der Waals surface area contributed by atoms with Gasteiger partial charge in [-0.05, 0) is 43.5 Å². The Morgan fingerprint density at radius 3 is 1.85 bits per heavy atom. The first-order chi connectivity index (χ1) is 18.9. The maximum atomic E-state index is 13.0. The van der Waals surface area contributed by atoms with Crippen molar-refractivity contribution < 1.29 is 47.7 Å². The van der Waals surface area contributed by atoms with E-state index in [1.54, 1.807) is 36.4 Å². The quantitative estimate of drug-likeness (QED) is 0.150. The largest absolute Gasteiger partial charge is 0.493 e. The Bertz CT molecular complexity index is 1160. The fourth-order valence-corrected chi connectivity index (χ4v) is 3.17. The van der Waals surface area contributed by atoms with Crippen molar-refractivity contribution >= 4 is 30.3 Å². The van der Waals surface area contributed by atoms with Gasteiger partial charge in [-0.15, -0.1) is 0 Å². The van der Waals surface area contributed by atoms with Crippen LogP contribution in [-0.4, -0.2) is 75.2 Å². The van der Waals surface area contributed by atoms with Crippen LogP contribution >= 0.6 is 0 Å². The van der Waals surface area contributed by atoms with Crippen LogP contribution in [0.1, 0.15) is 19.3 Å². The second-order valence-electron chi connectivity index (χ2n) is 7.56. The summed E-state index contributed by atoms with van der Waals surface area (Å²) < 4.78 is 26.1. The summed E-state index contributed by atoms with van der Waals surface area (Å²) in [5.74, 6) is -0.311. The maximum Gasteiger partial charge on any atom is 0.425 e. The molecule has 2 amide bonds. The molecule has 39 heavy (non-hydrogen) atoms. The van der Waals surface area contributed by atoms with Gasteiger partial charge in [-0.25, -0.2) is 33.9 Å². The minimum Gasteiger partial charge on any atom is -0.493 e. The molecule has 2 aromatic rings. The second-order valence-corrected chi connectivity index (χ2v) is 7.56. The Morgan fingerprint density at radius 2 is 1.36 bits per heavy atom. The van der Waals surface area contributed by atoms with Crippen molar-refractivity contribution in [3.63, 3.8) is 0 Å². The molecule has 206 valence electrons. The van der Waals surface area contributed by atoms with Crippen LogP contribution in [0.2, 0.25) is 0 Å². The number of nitrogens with zero attached hydrogens (tertiary/aromatic N) is 3. The molecule has 0 aliphatic rings. The third kappa shape index (κ3) is 9.77. The highest BCUT2D eigenvalue weighted by atomic mass is 16.6. The molecule has 13 heteroatoms. The molecule has 2 rings (SSSR count). The van der Waals surface area contributed by atoms with Crippen LogP contribution < -0.4 is 18.9 Å². The summed E-state index contributed by atoms with van der Waals surface area (Å²) in [6.45, 7) is -0.700. The van der Waals surface area contributed by atoms with Crippen LogP contribution in [0.3, 0.4) is 0 Å². The number of rotatable bonds is 14. The molecule has 0 aromatic heterocycles. The van der Waals surface area contributed by atoms with Gasteiger partial charge in [-0.1, -0.05) is 24.3 Å². The van der Waals surface area contributed by atoms with Gasteiger partial charge in [-0.2, -0.15) is 4.99 Å². The van der Waals surface area contributed by atoms with E-state index in [0.717, 1.165) is 0 Å². The summed E-state index contributed by atoms with van der Waals surface area (Å²) in [6, 6.07) is 11.4. The summed E-state index contributed by atoms with van der Waals surface area (Å²) in [7, 11) is 2.77. The molecule has 0 N–H and O–H groups in total. The lowest BCUT2D eigenvalue weighted by molar-refractivity contribution is -0.145. The highest BCUT2D eigenvalue weighted by Crippen LogP contribution is 2.28. The van der Waals surface area contributed by atoms with E-state index in [4.69, 9.17) is 23.7 Å². The minimum absolute atomic E-state index is 0.0383. The summed E-state index contributed by atoms with van der Waals surface area (Å²) in [5.41, 5.74) is 0. The Balaban J connectivity index is 2.13. The molecule has 0 aliphatic heterocycles. The zero-order valence-electron chi connectivity index (χ0n) is 21.4. The van der Waals surface area contributed by atoms with Gasteiger partial charge >= 0.3 is 18.2 Å². The number of esters is 1. The zero-order valence-corrected chi connectivity index (χ0v) is 21.4. The maximum absolute atomic E-state index is 13.0. The predicted octanol–water partition coefficient (Wildman–Crippen LogP) is 3.46. The van der Waals surface area contributed by atoms with Crippen molar-refractivity contribution in [2.45, 2.75) is 25.3 Å². The van der Waals surface area contributed by atoms with Crippen LogP contribution in [0, 0.1) is 0 Å². The first-order valence-electron chi connectivity index (χ1n) is 11.7. The van der Waals surface area contributed by atoms with E-state index in [2.05, 4.69) is 9.98 Å². The number of methoxy groups -OCH3 is 2. The highest BCUT2D eigenvalue weighted by molar-refractivity contribution is 5.90. The van der Waals surface area contributed by atoms with Gasteiger partial charge in [0.2, 0.25) is 12.2 Å². The summed E-state index contributed by atoms with van der Waals surface area (Å²) in [5, 5.41) is 0. The fraction of sp³-hybridized carbons (Fsp3) is 0.346. The minimum atomic E-state index is -1.16. The highest BCUT2D eigenvalue weighted by Gasteiger charge is 2.28. The number of para-hydroxylation sites is 4. The van der Waals surface area contributed by atoms with Gasteiger partial charge in [0.1, 0.15) is 6.61 Å². The number of amides is 2. The first-order valence-corrected chi connectivity index (χ1v) is 11.7. The zero-order chi connectivity index (χ0) is 28.5. The molecule has 1 atom stereocenters. The lowest BCUT2D eigenvalue weighted by Gasteiger charge is -2.21. The predicted molar refractivity (Wildman–Crippen MR) is 134 cm³/mol. The lowest BCUT2D eigenvalue weighted by Crippen LogP contribution is -2.43. The normalized spacial score (nSPS) is 10.6. The number of imide groups is 1. The average Bonchev–Trinajstić information content (AvgIpc) is 2.94. The molecule has 0 aliphatic carbocycles. The van der Waals surface area contributed by atoms with Crippen LogP contribution in [0.5, 0.6) is 23.0 Å². The van der Waals surface area contributed by atoms with Crippen LogP contribution in [0.25, 0.3) is 0 Å². The van der Waals surface area contributed by atoms with E-state index < -0.39 is 37.3 Å². The summed E-state index contributed by atoms with van der Waals surface area (Å²) in [4.78, 5) is 66.7. The van der Waals surface area contributed by atoms with E-state index in [1.807, 2.05) is 0 Å². The van der Waals surface area contributed by atoms with Crippen molar-refractivity contribution in [3.8, 4) is 23.0 Å². The van der Waals surface area contributed by atoms with E-state index in [1.165, 1.54) is 38.5 Å². The van der Waals surface area contributed by atoms with E-state index in [-0.39, 0.29) is 36.0 Å². The Hall–Kier alpha value is -4.99. The lowest BCUT2D eigenvalue weighted by atomic mass is 10.1. The average molecular weight is 542 g/mol. The summed E-state index contributed by atoms with van der Waals surface area (Å²) in [6.07, 6.45) is 1.48. The smallest absolute Gasteiger partial charge is 0.425 e. The van der Waals surface area contributed by atoms with Crippen LogP contribution in [0.4, 0.5) is 9.59 Å². The van der Waals surface area contributed by atoms with Gasteiger partial charge in [0, 0.05) is 0 Å². The fourth-order valence-electron chi connectivity index (χ4n) is 3.17. The molecule has 13 nitrogen and oxygen atoms in total. The van der Waals surface area contributed by atoms with Gasteiger partial charge in [0.15, 0.2) is 29.0 Å². The van der Waals surface area contributed by atoms with Gasteiger partial charge in [0.25, 0.3) is 0 Å². The van der Waals surface area contributed by atoms with Crippen molar-refractivity contribution in [2.24, 2.45) is 9.98 Å². The Kier molecular flexibility index (Phi) is 12.9. The van der Waals surface area contributed by atoms with Crippen LogP contribution in [0.15, 0.2) is 58.5 Å². The number of hydrogen-bond donors (Lipinski definition) is 0. The molecule has 0 spiro atoms. The molecule has 0 saturated carbocycles. The number of aliphatic imine (C=N–C) groups is 2. The summed E-state index contributed by atoms with van der Waals surface area (Å²) >= 11 is 0. The van der Waals surface area contributed by atoms with Gasteiger partial charge in [-0.3, -0.25) is 0 Å². The second kappa shape index (κ2) is 16.7. The number of isocyanates is 2. The standard InChI is InChI=1S/C26H27N3O10/c1-35-20-10-3-5-12-22(20)38-25(33)29(26(34)39-23-13-6-4-11-21(23)36-2)15-16-37-24(32)19(28-18-31)9-7-8-14-27-17-30/h3-6,10-13,19H,7-9,14-16H2,1-2H3. The van der Waals surface area contributed by atoms with Gasteiger partial charge in [0.05, 0.1) is 27.3 Å². The van der Waals surface area contributed by atoms with Crippen molar-refractivity contribution in [1.29, 1.82) is 0 Å². The molecule has 0 radical (unpaired) electrons. The van der Waals surface area contributed by atoms with E-state index in [9.17, 15) is 24.0 Å². The SMILES string of the molecule is COc1ccccc1OC(=O)N(CCOC(=O)C(CCCCN=C=O)N=C=O)C(=O)Oc1ccccc1OC. The van der Waals surface area contributed by atoms with Crippen molar-refractivity contribution in [3.05, 3.63) is 48.5 Å². The molecule has 1 unspecified atom stereocenters. The molecule has 0 bridgehead atoms. The molecule has 0 saturated heterocycles. The molecule has 2 aromatic carbocycles. The number of carbonyl (C=O) groups is 3. The Labute approximate surface area is 224 Å². The van der Waals surface area contributed by atoms with E-state index in [0.29, 0.717) is 17.7 Å². The third-order valence-electron chi connectivity index (χ3n) is 5.08. The van der Waals surface area contributed by atoms with Gasteiger partial charge < -0.3 is 23.7 Å². The van der Waals surface area contributed by atoms with Crippen molar-refractivity contribution in [1.82, 2.24) is 4.90 Å². The number of unbranched alkanes of at least 4 members (excludes halogenated alkanes) is 1. The van der Waals surface area contributed by atoms with E-state index >= 15 is 0 Å². The first kappa shape index (κ1) is 30.2. The number of benzene rings is 2. The topological polar surface area (TPSA) is 159 Å². The molecular formula is C26H27N3O10.